The lowest BCUT2D eigenvalue weighted by atomic mass is 10.0. The fraction of sp³-hybridized carbons (Fsp3) is 0.394. The van der Waals surface area contributed by atoms with Crippen LogP contribution in [-0.2, 0) is 9.59 Å². The number of hydrogen-bond acceptors (Lipinski definition) is 6. The van der Waals surface area contributed by atoms with E-state index < -0.39 is 11.9 Å². The molecule has 3 rings (SSSR count). The Labute approximate surface area is 242 Å². The Morgan fingerprint density at radius 1 is 0.805 bits per heavy atom. The minimum Gasteiger partial charge on any atom is -0.497 e. The summed E-state index contributed by atoms with van der Waals surface area (Å²) in [7, 11) is 1.56. The standard InChI is InChI=1S/C33H41N3O5/c1-3-4-5-6-7-8-9-10-11-16-31(37)34-24-32(38)36-35-23-29-28-15-13-12-14-25(28)19-22-30(29)41-33(39)26-17-20-27(40-2)21-18-26/h12-15,17-23H,3-11,16,24H2,1-2H3,(H,34,37)(H,36,38)/b35-23-. The molecule has 0 radical (unpaired) electrons. The highest BCUT2D eigenvalue weighted by molar-refractivity contribution is 6.04. The average Bonchev–Trinajstić information content (AvgIpc) is 3.00. The minimum absolute atomic E-state index is 0.145. The Kier molecular flexibility index (Phi) is 13.4. The van der Waals surface area contributed by atoms with Crippen LogP contribution in [0.25, 0.3) is 10.8 Å². The van der Waals surface area contributed by atoms with E-state index in [0.717, 1.165) is 30.0 Å². The summed E-state index contributed by atoms with van der Waals surface area (Å²) < 4.78 is 10.8. The minimum atomic E-state index is -0.531. The summed E-state index contributed by atoms with van der Waals surface area (Å²) in [5.74, 6) is -0.184. The van der Waals surface area contributed by atoms with Gasteiger partial charge >= 0.3 is 5.97 Å². The topological polar surface area (TPSA) is 106 Å². The number of methoxy groups -OCH3 is 1. The first kappa shape index (κ1) is 31.3. The van der Waals surface area contributed by atoms with Crippen molar-refractivity contribution in [2.45, 2.75) is 71.1 Å². The van der Waals surface area contributed by atoms with Crippen LogP contribution >= 0.6 is 0 Å². The number of carbonyl (C=O) groups excluding carboxylic acids is 3. The predicted molar refractivity (Wildman–Crippen MR) is 162 cm³/mol. The summed E-state index contributed by atoms with van der Waals surface area (Å²) in [5, 5.41) is 8.45. The zero-order valence-electron chi connectivity index (χ0n) is 24.1. The van der Waals surface area contributed by atoms with E-state index in [2.05, 4.69) is 22.8 Å². The third-order valence-corrected chi connectivity index (χ3v) is 6.80. The monoisotopic (exact) mass is 559 g/mol. The van der Waals surface area contributed by atoms with Crippen LogP contribution in [0, 0.1) is 0 Å². The van der Waals surface area contributed by atoms with Gasteiger partial charge in [-0.1, -0.05) is 88.6 Å². The lowest BCUT2D eigenvalue weighted by Gasteiger charge is -2.11. The van der Waals surface area contributed by atoms with Gasteiger partial charge in [-0.05, 0) is 47.5 Å². The average molecular weight is 560 g/mol. The lowest BCUT2D eigenvalue weighted by molar-refractivity contribution is -0.126. The van der Waals surface area contributed by atoms with E-state index in [-0.39, 0.29) is 12.5 Å². The number of nitrogens with one attached hydrogen (secondary N) is 2. The van der Waals surface area contributed by atoms with Gasteiger partial charge in [0, 0.05) is 12.0 Å². The van der Waals surface area contributed by atoms with Crippen molar-refractivity contribution in [2.75, 3.05) is 13.7 Å². The maximum atomic E-state index is 12.8. The second-order valence-electron chi connectivity index (χ2n) is 9.96. The molecule has 218 valence electrons. The number of hydrogen-bond donors (Lipinski definition) is 2. The van der Waals surface area contributed by atoms with Crippen molar-refractivity contribution < 1.29 is 23.9 Å². The molecule has 0 spiro atoms. The maximum absolute atomic E-state index is 12.8. The van der Waals surface area contributed by atoms with E-state index in [1.807, 2.05) is 30.3 Å². The van der Waals surface area contributed by atoms with E-state index in [9.17, 15) is 14.4 Å². The summed E-state index contributed by atoms with van der Waals surface area (Å²) in [4.78, 5) is 37.2. The van der Waals surface area contributed by atoms with E-state index in [0.29, 0.717) is 29.0 Å². The highest BCUT2D eigenvalue weighted by Crippen LogP contribution is 2.27. The van der Waals surface area contributed by atoms with Gasteiger partial charge in [-0.25, -0.2) is 10.2 Å². The maximum Gasteiger partial charge on any atom is 0.343 e. The van der Waals surface area contributed by atoms with E-state index in [1.54, 1.807) is 37.4 Å². The molecule has 0 bridgehead atoms. The molecule has 0 atom stereocenters. The summed E-state index contributed by atoms with van der Waals surface area (Å²) in [6.45, 7) is 2.05. The molecule has 0 heterocycles. The van der Waals surface area contributed by atoms with E-state index in [4.69, 9.17) is 9.47 Å². The zero-order valence-corrected chi connectivity index (χ0v) is 24.1. The van der Waals surface area contributed by atoms with Crippen LogP contribution in [0.3, 0.4) is 0 Å². The van der Waals surface area contributed by atoms with Crippen molar-refractivity contribution in [1.29, 1.82) is 0 Å². The first-order valence-corrected chi connectivity index (χ1v) is 14.5. The molecule has 41 heavy (non-hydrogen) atoms. The number of nitrogens with zero attached hydrogens (tertiary/aromatic N) is 1. The zero-order chi connectivity index (χ0) is 29.3. The molecule has 3 aromatic rings. The number of fused-ring (bicyclic) bond motifs is 1. The van der Waals surface area contributed by atoms with Crippen molar-refractivity contribution in [3.63, 3.8) is 0 Å². The van der Waals surface area contributed by atoms with Crippen molar-refractivity contribution in [1.82, 2.24) is 10.7 Å². The van der Waals surface area contributed by atoms with E-state index in [1.165, 1.54) is 44.7 Å². The van der Waals surface area contributed by atoms with Crippen LogP contribution in [-0.4, -0.2) is 37.7 Å². The van der Waals surface area contributed by atoms with Gasteiger partial charge in [0.05, 0.1) is 25.4 Å². The number of ether oxygens (including phenoxy) is 2. The number of benzene rings is 3. The number of amides is 2. The molecule has 0 unspecified atom stereocenters. The van der Waals surface area contributed by atoms with Gasteiger partial charge < -0.3 is 14.8 Å². The largest absolute Gasteiger partial charge is 0.497 e. The Morgan fingerprint density at radius 3 is 2.20 bits per heavy atom. The molecule has 0 saturated heterocycles. The molecule has 2 N–H and O–H groups in total. The van der Waals surface area contributed by atoms with Crippen molar-refractivity contribution >= 4 is 34.8 Å². The van der Waals surface area contributed by atoms with Gasteiger partial charge in [0.1, 0.15) is 11.5 Å². The van der Waals surface area contributed by atoms with Crippen LogP contribution in [0.4, 0.5) is 0 Å². The van der Waals surface area contributed by atoms with Crippen LogP contribution < -0.4 is 20.2 Å². The summed E-state index contributed by atoms with van der Waals surface area (Å²) in [6, 6.07) is 17.8. The molecule has 0 aromatic heterocycles. The Bertz CT molecular complexity index is 1300. The molecule has 0 saturated carbocycles. The highest BCUT2D eigenvalue weighted by atomic mass is 16.5. The first-order chi connectivity index (χ1) is 20.0. The summed E-state index contributed by atoms with van der Waals surface area (Å²) in [5.41, 5.74) is 3.35. The van der Waals surface area contributed by atoms with Crippen LogP contribution in [0.1, 0.15) is 87.1 Å². The van der Waals surface area contributed by atoms with E-state index >= 15 is 0 Å². The number of esters is 1. The molecule has 8 nitrogen and oxygen atoms in total. The Morgan fingerprint density at radius 2 is 1.49 bits per heavy atom. The quantitative estimate of drug-likeness (QED) is 0.0641. The van der Waals surface area contributed by atoms with Crippen molar-refractivity contribution in [3.05, 3.63) is 71.8 Å². The molecule has 8 heteroatoms. The van der Waals surface area contributed by atoms with Crippen LogP contribution in [0.5, 0.6) is 11.5 Å². The van der Waals surface area contributed by atoms with Gasteiger partial charge in [-0.3, -0.25) is 9.59 Å². The molecule has 2 amide bonds. The predicted octanol–water partition coefficient (Wildman–Crippen LogP) is 6.55. The van der Waals surface area contributed by atoms with Gasteiger partial charge in [0.2, 0.25) is 5.91 Å². The number of carbonyl (C=O) groups is 3. The molecule has 0 aliphatic rings. The number of hydrazone groups is 1. The second kappa shape index (κ2) is 17.5. The van der Waals surface area contributed by atoms with Crippen molar-refractivity contribution in [2.24, 2.45) is 5.10 Å². The van der Waals surface area contributed by atoms with Crippen LogP contribution in [0.2, 0.25) is 0 Å². The summed E-state index contributed by atoms with van der Waals surface area (Å²) in [6.07, 6.45) is 12.5. The number of unbranched alkanes of at least 4 members (excludes halogenated alkanes) is 8. The van der Waals surface area contributed by atoms with Gasteiger partial charge in [-0.2, -0.15) is 5.10 Å². The Hall–Kier alpha value is -4.20. The first-order valence-electron chi connectivity index (χ1n) is 14.5. The molecule has 0 aliphatic carbocycles. The third-order valence-electron chi connectivity index (χ3n) is 6.80. The SMILES string of the molecule is CCCCCCCCCCCC(=O)NCC(=O)N/N=C\c1c(OC(=O)c2ccc(OC)cc2)ccc2ccccc12. The molecule has 0 fully saturated rings. The fourth-order valence-corrected chi connectivity index (χ4v) is 4.46. The molecular weight excluding hydrogens is 518 g/mol. The summed E-state index contributed by atoms with van der Waals surface area (Å²) >= 11 is 0. The molecular formula is C33H41N3O5. The third kappa shape index (κ3) is 10.7. The molecule has 3 aromatic carbocycles. The smallest absolute Gasteiger partial charge is 0.343 e. The van der Waals surface area contributed by atoms with Gasteiger partial charge in [0.25, 0.3) is 5.91 Å². The normalized spacial score (nSPS) is 11.0. The lowest BCUT2D eigenvalue weighted by Crippen LogP contribution is -2.34. The fourth-order valence-electron chi connectivity index (χ4n) is 4.46. The molecule has 0 aliphatic heterocycles. The van der Waals surface area contributed by atoms with Crippen molar-refractivity contribution in [3.8, 4) is 11.5 Å². The second-order valence-corrected chi connectivity index (χ2v) is 9.96. The highest BCUT2D eigenvalue weighted by Gasteiger charge is 2.14. The van der Waals surface area contributed by atoms with Crippen LogP contribution in [0.15, 0.2) is 65.8 Å². The van der Waals surface area contributed by atoms with Gasteiger partial charge in [-0.15, -0.1) is 0 Å². The Balaban J connectivity index is 1.49. The number of rotatable bonds is 17. The van der Waals surface area contributed by atoms with Gasteiger partial charge in [0.15, 0.2) is 0 Å².